The highest BCUT2D eigenvalue weighted by molar-refractivity contribution is 4.70. The number of aliphatic hydroxyl groups excluding tert-OH is 1. The largest absolute Gasteiger partial charge is 0.393 e. The van der Waals surface area contributed by atoms with Crippen molar-refractivity contribution in [2.24, 2.45) is 0 Å². The van der Waals surface area contributed by atoms with E-state index in [4.69, 9.17) is 5.11 Å². The van der Waals surface area contributed by atoms with Gasteiger partial charge in [-0.1, -0.05) is 0 Å². The summed E-state index contributed by atoms with van der Waals surface area (Å²) in [7, 11) is 0. The van der Waals surface area contributed by atoms with Crippen molar-refractivity contribution in [3.05, 3.63) is 0 Å². The fourth-order valence-corrected chi connectivity index (χ4v) is 1.26. The Bertz CT molecular complexity index is 91.6. The van der Waals surface area contributed by atoms with Gasteiger partial charge in [-0.25, -0.2) is 4.39 Å². The molecule has 60 valence electrons. The number of hydrogen-bond acceptors (Lipinski definition) is 2. The number of aliphatic hydroxyl groups is 1. The van der Waals surface area contributed by atoms with Crippen molar-refractivity contribution >= 4 is 0 Å². The molecule has 0 amide bonds. The molecule has 0 saturated carbocycles. The van der Waals surface area contributed by atoms with Gasteiger partial charge in [-0.05, 0) is 12.8 Å². The Kier molecular flexibility index (Phi) is 3.09. The van der Waals surface area contributed by atoms with Crippen LogP contribution in [0.5, 0.6) is 0 Å². The van der Waals surface area contributed by atoms with Gasteiger partial charge in [0.2, 0.25) is 0 Å². The van der Waals surface area contributed by atoms with Crippen LogP contribution in [0.4, 0.5) is 4.39 Å². The zero-order valence-corrected chi connectivity index (χ0v) is 6.09. The molecule has 0 aliphatic carbocycles. The van der Waals surface area contributed by atoms with Gasteiger partial charge < -0.3 is 10.0 Å². The molecule has 10 heavy (non-hydrogen) atoms. The van der Waals surface area contributed by atoms with Crippen LogP contribution >= 0.6 is 0 Å². The highest BCUT2D eigenvalue weighted by Crippen LogP contribution is 2.08. The summed E-state index contributed by atoms with van der Waals surface area (Å²) in [6.45, 7) is 1.97. The third-order valence-corrected chi connectivity index (χ3v) is 1.96. The number of alkyl halides is 1. The molecule has 0 spiro atoms. The van der Waals surface area contributed by atoms with E-state index in [-0.39, 0.29) is 12.8 Å². The van der Waals surface area contributed by atoms with Gasteiger partial charge in [0.15, 0.2) is 0 Å². The molecule has 0 bridgehead atoms. The average molecular weight is 146 g/mol. The standard InChI is InChI=1S/C7H14FNO/c8-3-6-9-4-1-7(10)2-5-9/h7,10H,1-6H2/i8-1. The van der Waals surface area contributed by atoms with E-state index in [0.29, 0.717) is 6.54 Å². The molecule has 0 aromatic rings. The van der Waals surface area contributed by atoms with Crippen molar-refractivity contribution in [3.63, 3.8) is 0 Å². The normalized spacial score (nSPS) is 23.4. The summed E-state index contributed by atoms with van der Waals surface area (Å²) >= 11 is 0. The SMILES string of the molecule is OC1CCN(CC[18F])CC1. The van der Waals surface area contributed by atoms with Crippen LogP contribution in [0, 0.1) is 0 Å². The molecule has 0 unspecified atom stereocenters. The van der Waals surface area contributed by atoms with E-state index in [1.807, 2.05) is 4.90 Å². The maximum absolute atomic E-state index is 11.8. The topological polar surface area (TPSA) is 23.5 Å². The molecule has 1 N–H and O–H groups in total. The Hall–Kier alpha value is -0.150. The van der Waals surface area contributed by atoms with Crippen LogP contribution in [-0.4, -0.2) is 42.4 Å². The molecular formula is C7H14FNO. The van der Waals surface area contributed by atoms with Crippen LogP contribution in [0.2, 0.25) is 0 Å². The second kappa shape index (κ2) is 3.88. The minimum atomic E-state index is -0.268. The molecular weight excluding hydrogens is 132 g/mol. The average Bonchev–Trinajstić information content (AvgIpc) is 1.95. The highest BCUT2D eigenvalue weighted by atomic mass is 18.2. The summed E-state index contributed by atoms with van der Waals surface area (Å²) in [4.78, 5) is 2.05. The summed E-state index contributed by atoms with van der Waals surface area (Å²) < 4.78 is 11.8. The van der Waals surface area contributed by atoms with Crippen molar-refractivity contribution in [2.75, 3.05) is 26.3 Å². The third kappa shape index (κ3) is 2.23. The first kappa shape index (κ1) is 7.95. The Labute approximate surface area is 60.6 Å². The molecule has 2 nitrogen and oxygen atoms in total. The maximum atomic E-state index is 11.8. The van der Waals surface area contributed by atoms with Gasteiger partial charge in [-0.2, -0.15) is 0 Å². The van der Waals surface area contributed by atoms with Crippen molar-refractivity contribution in [3.8, 4) is 0 Å². The fraction of sp³-hybridized carbons (Fsp3) is 1.00. The number of hydrogen-bond donors (Lipinski definition) is 1. The lowest BCUT2D eigenvalue weighted by molar-refractivity contribution is 0.0796. The van der Waals surface area contributed by atoms with Crippen molar-refractivity contribution in [1.29, 1.82) is 0 Å². The van der Waals surface area contributed by atoms with Crippen LogP contribution in [0.1, 0.15) is 12.8 Å². The molecule has 1 rings (SSSR count). The van der Waals surface area contributed by atoms with Gasteiger partial charge >= 0.3 is 0 Å². The lowest BCUT2D eigenvalue weighted by atomic mass is 10.1. The first-order valence-corrected chi connectivity index (χ1v) is 3.79. The van der Waals surface area contributed by atoms with Crippen molar-refractivity contribution in [1.82, 2.24) is 4.90 Å². The molecule has 1 heterocycles. The summed E-state index contributed by atoms with van der Waals surface area (Å²) in [6, 6.07) is 0. The molecule has 1 aliphatic rings. The van der Waals surface area contributed by atoms with Crippen LogP contribution in [-0.2, 0) is 0 Å². The number of rotatable bonds is 2. The zero-order chi connectivity index (χ0) is 7.40. The predicted octanol–water partition coefficient (Wildman–Crippen LogP) is 0.413. The Morgan fingerprint density at radius 2 is 2.00 bits per heavy atom. The fourth-order valence-electron chi connectivity index (χ4n) is 1.26. The smallest absolute Gasteiger partial charge is 0.102 e. The van der Waals surface area contributed by atoms with Crippen molar-refractivity contribution in [2.45, 2.75) is 18.9 Å². The lowest BCUT2D eigenvalue weighted by Crippen LogP contribution is -2.36. The van der Waals surface area contributed by atoms with Gasteiger partial charge in [0.25, 0.3) is 0 Å². The van der Waals surface area contributed by atoms with Crippen molar-refractivity contribution < 1.29 is 9.50 Å². The monoisotopic (exact) mass is 146 g/mol. The van der Waals surface area contributed by atoms with Crippen LogP contribution in [0.25, 0.3) is 0 Å². The Balaban J connectivity index is 2.13. The van der Waals surface area contributed by atoms with Gasteiger partial charge in [0.05, 0.1) is 6.10 Å². The van der Waals surface area contributed by atoms with E-state index in [1.54, 1.807) is 0 Å². The zero-order valence-electron chi connectivity index (χ0n) is 6.09. The second-order valence-corrected chi connectivity index (χ2v) is 2.76. The molecule has 0 radical (unpaired) electrons. The second-order valence-electron chi connectivity index (χ2n) is 2.76. The quantitative estimate of drug-likeness (QED) is 0.610. The molecule has 0 aromatic carbocycles. The Morgan fingerprint density at radius 3 is 2.50 bits per heavy atom. The summed E-state index contributed by atoms with van der Waals surface area (Å²) in [6.07, 6.45) is 1.47. The van der Waals surface area contributed by atoms with E-state index in [2.05, 4.69) is 0 Å². The molecule has 1 saturated heterocycles. The summed E-state index contributed by atoms with van der Waals surface area (Å²) in [5.74, 6) is 0. The van der Waals surface area contributed by atoms with E-state index < -0.39 is 0 Å². The maximum Gasteiger partial charge on any atom is 0.102 e. The number of nitrogens with zero attached hydrogens (tertiary/aromatic N) is 1. The minimum absolute atomic E-state index is 0.143. The molecule has 0 atom stereocenters. The van der Waals surface area contributed by atoms with Gasteiger partial charge in [0.1, 0.15) is 6.67 Å². The minimum Gasteiger partial charge on any atom is -0.393 e. The van der Waals surface area contributed by atoms with E-state index >= 15 is 0 Å². The van der Waals surface area contributed by atoms with Crippen LogP contribution in [0.3, 0.4) is 0 Å². The number of halogens is 1. The predicted molar refractivity (Wildman–Crippen MR) is 37.7 cm³/mol. The van der Waals surface area contributed by atoms with E-state index in [0.717, 1.165) is 25.9 Å². The molecule has 3 heteroatoms. The van der Waals surface area contributed by atoms with Gasteiger partial charge in [-0.15, -0.1) is 0 Å². The van der Waals surface area contributed by atoms with Crippen LogP contribution < -0.4 is 0 Å². The van der Waals surface area contributed by atoms with E-state index in [9.17, 15) is 4.39 Å². The van der Waals surface area contributed by atoms with Gasteiger partial charge in [-0.3, -0.25) is 0 Å². The van der Waals surface area contributed by atoms with Crippen LogP contribution in [0.15, 0.2) is 0 Å². The van der Waals surface area contributed by atoms with E-state index in [1.165, 1.54) is 0 Å². The Morgan fingerprint density at radius 1 is 1.40 bits per heavy atom. The lowest BCUT2D eigenvalue weighted by Gasteiger charge is -2.28. The summed E-state index contributed by atoms with van der Waals surface area (Å²) in [5, 5.41) is 9.07. The number of piperidine rings is 1. The highest BCUT2D eigenvalue weighted by Gasteiger charge is 2.15. The number of likely N-dealkylation sites (tertiary alicyclic amines) is 1. The van der Waals surface area contributed by atoms with Gasteiger partial charge in [0, 0.05) is 19.6 Å². The molecule has 1 fully saturated rings. The molecule has 1 aliphatic heterocycles. The molecule has 0 aromatic heterocycles. The first-order chi connectivity index (χ1) is 4.83. The third-order valence-electron chi connectivity index (χ3n) is 1.96. The summed E-state index contributed by atoms with van der Waals surface area (Å²) in [5.41, 5.74) is 0. The first-order valence-electron chi connectivity index (χ1n) is 3.79.